The average molecular weight is 261 g/mol. The van der Waals surface area contributed by atoms with E-state index in [0.29, 0.717) is 18.4 Å². The van der Waals surface area contributed by atoms with E-state index in [1.165, 1.54) is 0 Å². The number of rotatable bonds is 2. The molecule has 1 fully saturated rings. The quantitative estimate of drug-likeness (QED) is 0.816. The molecule has 0 radical (unpaired) electrons. The summed E-state index contributed by atoms with van der Waals surface area (Å²) >= 11 is 0. The third-order valence-corrected chi connectivity index (χ3v) is 4.20. The van der Waals surface area contributed by atoms with Crippen LogP contribution in [0, 0.1) is 5.92 Å². The molecule has 2 bridgehead atoms. The summed E-state index contributed by atoms with van der Waals surface area (Å²) in [6.45, 7) is 3.02. The molecule has 0 unspecified atom stereocenters. The van der Waals surface area contributed by atoms with Crippen molar-refractivity contribution in [3.63, 3.8) is 0 Å². The van der Waals surface area contributed by atoms with Gasteiger partial charge in [0.15, 0.2) is 0 Å². The molecule has 3 rings (SSSR count). The molecule has 102 valence electrons. The number of likely N-dealkylation sites (N-methyl/N-ethyl adjacent to an activating group) is 1. The molecule has 19 heavy (non-hydrogen) atoms. The molecule has 5 nitrogen and oxygen atoms in total. The second-order valence-corrected chi connectivity index (χ2v) is 5.57. The summed E-state index contributed by atoms with van der Waals surface area (Å²) in [6.07, 6.45) is 1.13. The van der Waals surface area contributed by atoms with Crippen LogP contribution >= 0.6 is 0 Å². The summed E-state index contributed by atoms with van der Waals surface area (Å²) in [5.74, 6) is 0.924. The van der Waals surface area contributed by atoms with E-state index < -0.39 is 0 Å². The number of hydrogen-bond acceptors (Lipinski definition) is 3. The lowest BCUT2D eigenvalue weighted by Crippen LogP contribution is -2.49. The molecule has 0 aromatic carbocycles. The summed E-state index contributed by atoms with van der Waals surface area (Å²) in [6, 6.07) is 5.52. The molecule has 1 amide bonds. The van der Waals surface area contributed by atoms with E-state index >= 15 is 0 Å². The molecule has 1 aromatic heterocycles. The zero-order valence-electron chi connectivity index (χ0n) is 11.1. The van der Waals surface area contributed by atoms with Crippen molar-refractivity contribution in [3.8, 4) is 0 Å². The van der Waals surface area contributed by atoms with Crippen LogP contribution < -0.4 is 10.9 Å². The molecule has 3 heterocycles. The van der Waals surface area contributed by atoms with Crippen molar-refractivity contribution in [1.29, 1.82) is 0 Å². The number of likely N-dealkylation sites (tertiary alicyclic amines) is 1. The molecule has 2 aliphatic rings. The SMILES string of the molecule is CNC(=O)CN1C[C@H]2C[C@@H](C1)c1cccc(=O)n1C2. The smallest absolute Gasteiger partial charge is 0.250 e. The number of hydrogen-bond donors (Lipinski definition) is 1. The second-order valence-electron chi connectivity index (χ2n) is 5.57. The van der Waals surface area contributed by atoms with Crippen LogP contribution in [0.2, 0.25) is 0 Å². The summed E-state index contributed by atoms with van der Waals surface area (Å²) < 4.78 is 1.91. The number of aromatic nitrogens is 1. The van der Waals surface area contributed by atoms with Gasteiger partial charge in [0.1, 0.15) is 0 Å². The van der Waals surface area contributed by atoms with E-state index in [-0.39, 0.29) is 11.5 Å². The Labute approximate surface area is 112 Å². The first-order valence-corrected chi connectivity index (χ1v) is 6.80. The number of nitrogens with one attached hydrogen (secondary N) is 1. The van der Waals surface area contributed by atoms with E-state index in [1.54, 1.807) is 13.1 Å². The zero-order chi connectivity index (χ0) is 13.4. The van der Waals surface area contributed by atoms with Crippen LogP contribution in [0.25, 0.3) is 0 Å². The van der Waals surface area contributed by atoms with Gasteiger partial charge >= 0.3 is 0 Å². The van der Waals surface area contributed by atoms with Crippen LogP contribution in [-0.4, -0.2) is 42.1 Å². The maximum absolute atomic E-state index is 11.9. The Balaban J connectivity index is 1.84. The van der Waals surface area contributed by atoms with Crippen molar-refractivity contribution >= 4 is 5.91 Å². The Hall–Kier alpha value is -1.62. The summed E-state index contributed by atoms with van der Waals surface area (Å²) in [4.78, 5) is 25.6. The Morgan fingerprint density at radius 3 is 3.00 bits per heavy atom. The highest BCUT2D eigenvalue weighted by Gasteiger charge is 2.34. The van der Waals surface area contributed by atoms with Gasteiger partial charge in [-0.3, -0.25) is 14.5 Å². The standard InChI is InChI=1S/C14H19N3O2/c1-15-13(18)9-16-6-10-5-11(8-16)12-3-2-4-14(19)17(12)7-10/h2-4,10-11H,5-9H2,1H3,(H,15,18)/t10-,11+/m1/s1. The van der Waals surface area contributed by atoms with E-state index in [0.717, 1.165) is 31.7 Å². The number of amides is 1. The van der Waals surface area contributed by atoms with Gasteiger partial charge in [0, 0.05) is 44.4 Å². The Bertz CT molecular complexity index is 552. The topological polar surface area (TPSA) is 54.3 Å². The highest BCUT2D eigenvalue weighted by Crippen LogP contribution is 2.34. The van der Waals surface area contributed by atoms with Gasteiger partial charge in [-0.05, 0) is 18.4 Å². The molecule has 2 atom stereocenters. The van der Waals surface area contributed by atoms with Gasteiger partial charge < -0.3 is 9.88 Å². The summed E-state index contributed by atoms with van der Waals surface area (Å²) in [5.41, 5.74) is 1.23. The molecule has 1 aromatic rings. The first-order valence-electron chi connectivity index (χ1n) is 6.80. The van der Waals surface area contributed by atoms with Crippen molar-refractivity contribution in [2.45, 2.75) is 18.9 Å². The van der Waals surface area contributed by atoms with Crippen molar-refractivity contribution in [2.24, 2.45) is 5.92 Å². The van der Waals surface area contributed by atoms with Gasteiger partial charge in [0.2, 0.25) is 5.91 Å². The van der Waals surface area contributed by atoms with Gasteiger partial charge in [0.05, 0.1) is 6.54 Å². The zero-order valence-corrected chi connectivity index (χ0v) is 11.1. The van der Waals surface area contributed by atoms with Crippen LogP contribution in [0.1, 0.15) is 18.0 Å². The molecule has 0 aliphatic carbocycles. The minimum Gasteiger partial charge on any atom is -0.358 e. The minimum atomic E-state index is 0.0606. The van der Waals surface area contributed by atoms with Crippen LogP contribution in [0.5, 0.6) is 0 Å². The van der Waals surface area contributed by atoms with Crippen LogP contribution in [0.4, 0.5) is 0 Å². The van der Waals surface area contributed by atoms with E-state index in [2.05, 4.69) is 10.2 Å². The number of pyridine rings is 1. The van der Waals surface area contributed by atoms with Crippen molar-refractivity contribution < 1.29 is 4.79 Å². The second kappa shape index (κ2) is 4.81. The first kappa shape index (κ1) is 12.4. The lowest BCUT2D eigenvalue weighted by Gasteiger charge is -2.42. The fourth-order valence-electron chi connectivity index (χ4n) is 3.41. The number of fused-ring (bicyclic) bond motifs is 4. The van der Waals surface area contributed by atoms with Crippen LogP contribution in [0.15, 0.2) is 23.0 Å². The fraction of sp³-hybridized carbons (Fsp3) is 0.571. The predicted octanol–water partition coefficient (Wildman–Crippen LogP) is 0.0134. The normalized spacial score (nSPS) is 25.7. The van der Waals surface area contributed by atoms with Crippen LogP contribution in [-0.2, 0) is 11.3 Å². The van der Waals surface area contributed by atoms with Gasteiger partial charge in [-0.15, -0.1) is 0 Å². The van der Waals surface area contributed by atoms with Crippen molar-refractivity contribution in [2.75, 3.05) is 26.7 Å². The van der Waals surface area contributed by atoms with Gasteiger partial charge in [-0.2, -0.15) is 0 Å². The van der Waals surface area contributed by atoms with Crippen molar-refractivity contribution in [3.05, 3.63) is 34.2 Å². The third-order valence-electron chi connectivity index (χ3n) is 4.20. The largest absolute Gasteiger partial charge is 0.358 e. The van der Waals surface area contributed by atoms with E-state index in [4.69, 9.17) is 0 Å². The number of carbonyl (C=O) groups excluding carboxylic acids is 1. The molecule has 1 N–H and O–H groups in total. The Kier molecular flexibility index (Phi) is 3.14. The van der Waals surface area contributed by atoms with Gasteiger partial charge in [0.25, 0.3) is 5.56 Å². The van der Waals surface area contributed by atoms with Gasteiger partial charge in [-0.1, -0.05) is 6.07 Å². The molecule has 0 saturated carbocycles. The van der Waals surface area contributed by atoms with Gasteiger partial charge in [-0.25, -0.2) is 0 Å². The maximum atomic E-state index is 11.9. The lowest BCUT2D eigenvalue weighted by molar-refractivity contribution is -0.122. The monoisotopic (exact) mass is 261 g/mol. The molecule has 1 saturated heterocycles. The molecule has 5 heteroatoms. The highest BCUT2D eigenvalue weighted by molar-refractivity contribution is 5.77. The number of piperidine rings is 1. The summed E-state index contributed by atoms with van der Waals surface area (Å²) in [7, 11) is 1.67. The van der Waals surface area contributed by atoms with Crippen molar-refractivity contribution in [1.82, 2.24) is 14.8 Å². The Morgan fingerprint density at radius 2 is 2.21 bits per heavy atom. The maximum Gasteiger partial charge on any atom is 0.250 e. The minimum absolute atomic E-state index is 0.0606. The molecule has 2 aliphatic heterocycles. The highest BCUT2D eigenvalue weighted by atomic mass is 16.2. The van der Waals surface area contributed by atoms with E-state index in [1.807, 2.05) is 16.7 Å². The first-order chi connectivity index (χ1) is 9.17. The third kappa shape index (κ3) is 2.30. The molecule has 0 spiro atoms. The lowest BCUT2D eigenvalue weighted by atomic mass is 9.83. The predicted molar refractivity (Wildman–Crippen MR) is 72.1 cm³/mol. The van der Waals surface area contributed by atoms with E-state index in [9.17, 15) is 9.59 Å². The summed E-state index contributed by atoms with van der Waals surface area (Å²) in [5, 5.41) is 2.67. The number of nitrogens with zero attached hydrogens (tertiary/aromatic N) is 2. The molecular weight excluding hydrogens is 242 g/mol. The molecular formula is C14H19N3O2. The average Bonchev–Trinajstić information content (AvgIpc) is 2.40. The fourth-order valence-corrected chi connectivity index (χ4v) is 3.41. The number of carbonyl (C=O) groups is 1. The van der Waals surface area contributed by atoms with Crippen LogP contribution in [0.3, 0.4) is 0 Å². The Morgan fingerprint density at radius 1 is 1.37 bits per heavy atom.